The fourth-order valence-electron chi connectivity index (χ4n) is 5.41. The monoisotopic (exact) mass is 373 g/mol. The molecule has 1 N–H and O–H groups in total. The third kappa shape index (κ3) is 2.53. The summed E-state index contributed by atoms with van der Waals surface area (Å²) in [7, 11) is 0. The number of para-hydroxylation sites is 1. The van der Waals surface area contributed by atoms with E-state index < -0.39 is 0 Å². The van der Waals surface area contributed by atoms with Gasteiger partial charge in [-0.1, -0.05) is 42.0 Å². The van der Waals surface area contributed by atoms with Gasteiger partial charge in [-0.15, -0.1) is 0 Å². The highest BCUT2D eigenvalue weighted by molar-refractivity contribution is 5.82. The number of allylic oxidation sites excluding steroid dienone is 2. The molecule has 1 aliphatic carbocycles. The Kier molecular flexibility index (Phi) is 3.92. The summed E-state index contributed by atoms with van der Waals surface area (Å²) in [6.07, 6.45) is 5.09. The van der Waals surface area contributed by atoms with E-state index in [4.69, 9.17) is 4.74 Å². The van der Waals surface area contributed by atoms with Crippen LogP contribution in [0.2, 0.25) is 0 Å². The van der Waals surface area contributed by atoms with E-state index in [-0.39, 0.29) is 24.3 Å². The van der Waals surface area contributed by atoms with Gasteiger partial charge in [-0.3, -0.25) is 0 Å². The number of aliphatic hydroxyl groups excluding tert-OH is 1. The van der Waals surface area contributed by atoms with E-state index in [1.165, 1.54) is 39.1 Å². The quantitative estimate of drug-likeness (QED) is 0.690. The van der Waals surface area contributed by atoms with Crippen molar-refractivity contribution >= 4 is 11.3 Å². The van der Waals surface area contributed by atoms with Gasteiger partial charge >= 0.3 is 0 Å². The first-order chi connectivity index (χ1) is 13.4. The van der Waals surface area contributed by atoms with Crippen LogP contribution >= 0.6 is 0 Å². The molecule has 3 heteroatoms. The zero-order valence-electron chi connectivity index (χ0n) is 16.9. The predicted octanol–water partition coefficient (Wildman–Crippen LogP) is 5.81. The molecule has 2 aromatic rings. The minimum Gasteiger partial charge on any atom is -0.513 e. The van der Waals surface area contributed by atoms with Gasteiger partial charge in [-0.05, 0) is 68.5 Å². The average Bonchev–Trinajstić information content (AvgIpc) is 2.93. The van der Waals surface area contributed by atoms with Crippen LogP contribution in [0, 0.1) is 6.92 Å². The molecule has 2 heterocycles. The Morgan fingerprint density at radius 3 is 2.82 bits per heavy atom. The number of aliphatic hydroxyl groups is 1. The standard InChI is InChI=1S/C25H27NO2/c1-14-9-18-13-23-25(28-17(4)12-16(3)27)24(18)20(10-14)22-11-15(2)19-7-5-6-8-21(19)26(22)23/h5-12,17,22-23,25,27H,13H2,1-4H3/b16-12-/t17?,22?,23?,25-/m0/s1. The topological polar surface area (TPSA) is 32.7 Å². The first kappa shape index (κ1) is 17.6. The molecule has 0 aromatic heterocycles. The molecule has 0 fully saturated rings. The minimum absolute atomic E-state index is 0.0207. The van der Waals surface area contributed by atoms with E-state index in [0.717, 1.165) is 6.42 Å². The van der Waals surface area contributed by atoms with E-state index in [1.54, 1.807) is 13.0 Å². The number of ether oxygens (including phenoxy) is 1. The normalized spacial score (nSPS) is 25.9. The van der Waals surface area contributed by atoms with Crippen molar-refractivity contribution in [1.82, 2.24) is 0 Å². The number of rotatable bonds is 3. The Balaban J connectivity index is 1.67. The molecule has 0 saturated heterocycles. The van der Waals surface area contributed by atoms with Gasteiger partial charge in [0.2, 0.25) is 0 Å². The number of anilines is 1. The van der Waals surface area contributed by atoms with Gasteiger partial charge in [-0.2, -0.15) is 0 Å². The van der Waals surface area contributed by atoms with Gasteiger partial charge < -0.3 is 14.7 Å². The van der Waals surface area contributed by atoms with Gasteiger partial charge in [0.1, 0.15) is 6.10 Å². The average molecular weight is 373 g/mol. The van der Waals surface area contributed by atoms with E-state index >= 15 is 0 Å². The van der Waals surface area contributed by atoms with E-state index in [9.17, 15) is 5.11 Å². The smallest absolute Gasteiger partial charge is 0.105 e. The molecule has 2 aliphatic heterocycles. The van der Waals surface area contributed by atoms with Crippen molar-refractivity contribution in [2.75, 3.05) is 4.90 Å². The predicted molar refractivity (Wildman–Crippen MR) is 114 cm³/mol. The van der Waals surface area contributed by atoms with Crippen LogP contribution in [0.3, 0.4) is 0 Å². The summed E-state index contributed by atoms with van der Waals surface area (Å²) in [5.74, 6) is 0.309. The molecule has 144 valence electrons. The number of hydrogen-bond donors (Lipinski definition) is 1. The zero-order chi connectivity index (χ0) is 19.6. The second-order valence-corrected chi connectivity index (χ2v) is 8.49. The summed E-state index contributed by atoms with van der Waals surface area (Å²) in [6.45, 7) is 8.12. The van der Waals surface area contributed by atoms with Crippen molar-refractivity contribution < 1.29 is 9.84 Å². The number of fused-ring (bicyclic) bond motifs is 6. The minimum atomic E-state index is -0.133. The van der Waals surface area contributed by atoms with E-state index in [0.29, 0.717) is 5.76 Å². The number of aryl methyl sites for hydroxylation is 1. The molecule has 2 bridgehead atoms. The number of benzene rings is 2. The van der Waals surface area contributed by atoms with Crippen LogP contribution in [0.4, 0.5) is 5.69 Å². The Labute approximate surface area is 167 Å². The lowest BCUT2D eigenvalue weighted by molar-refractivity contribution is 0.00431. The summed E-state index contributed by atoms with van der Waals surface area (Å²) in [5.41, 5.74) is 9.45. The lowest BCUT2D eigenvalue weighted by Crippen LogP contribution is -2.46. The summed E-state index contributed by atoms with van der Waals surface area (Å²) >= 11 is 0. The van der Waals surface area contributed by atoms with Crippen LogP contribution in [0.5, 0.6) is 0 Å². The SMILES string of the molecule is CC1=CC2c3cc(C)cc4c3[C@@H](OC(C)/C=C(/C)O)C(C4)N2c2ccccc21. The second kappa shape index (κ2) is 6.25. The zero-order valence-corrected chi connectivity index (χ0v) is 16.9. The van der Waals surface area contributed by atoms with Crippen molar-refractivity contribution in [1.29, 1.82) is 0 Å². The van der Waals surface area contributed by atoms with Crippen molar-refractivity contribution in [3.63, 3.8) is 0 Å². The van der Waals surface area contributed by atoms with Gasteiger partial charge in [0, 0.05) is 11.3 Å². The molecule has 3 unspecified atom stereocenters. The summed E-state index contributed by atoms with van der Waals surface area (Å²) in [5, 5.41) is 9.67. The Bertz CT molecular complexity index is 1020. The molecule has 0 radical (unpaired) electrons. The van der Waals surface area contributed by atoms with Crippen LogP contribution in [0.1, 0.15) is 60.7 Å². The second-order valence-electron chi connectivity index (χ2n) is 8.49. The molecule has 0 amide bonds. The number of nitrogens with zero attached hydrogens (tertiary/aromatic N) is 1. The van der Waals surface area contributed by atoms with Crippen LogP contribution in [0.25, 0.3) is 5.57 Å². The molecule has 28 heavy (non-hydrogen) atoms. The lowest BCUT2D eigenvalue weighted by Gasteiger charge is -2.47. The Hall–Kier alpha value is -2.52. The number of hydrogen-bond acceptors (Lipinski definition) is 3. The summed E-state index contributed by atoms with van der Waals surface area (Å²) < 4.78 is 6.52. The van der Waals surface area contributed by atoms with Gasteiger partial charge in [0.05, 0.1) is 23.9 Å². The fraction of sp³-hybridized carbons (Fsp3) is 0.360. The maximum atomic E-state index is 9.67. The molecule has 3 nitrogen and oxygen atoms in total. The molecule has 4 atom stereocenters. The van der Waals surface area contributed by atoms with Crippen LogP contribution in [-0.4, -0.2) is 17.3 Å². The van der Waals surface area contributed by atoms with Gasteiger partial charge in [0.15, 0.2) is 0 Å². The van der Waals surface area contributed by atoms with Crippen LogP contribution < -0.4 is 4.90 Å². The fourth-order valence-corrected chi connectivity index (χ4v) is 5.41. The van der Waals surface area contributed by atoms with Crippen molar-refractivity contribution in [3.8, 4) is 0 Å². The summed E-state index contributed by atoms with van der Waals surface area (Å²) in [4.78, 5) is 2.57. The van der Waals surface area contributed by atoms with Crippen LogP contribution in [0.15, 0.2) is 54.3 Å². The van der Waals surface area contributed by atoms with E-state index in [2.05, 4.69) is 61.2 Å². The molecule has 2 aromatic carbocycles. The highest BCUT2D eigenvalue weighted by atomic mass is 16.5. The molecule has 5 rings (SSSR count). The van der Waals surface area contributed by atoms with Gasteiger partial charge in [-0.25, -0.2) is 0 Å². The first-order valence-corrected chi connectivity index (χ1v) is 10.2. The molecule has 0 spiro atoms. The molecule has 3 aliphatic rings. The third-order valence-corrected chi connectivity index (χ3v) is 6.33. The van der Waals surface area contributed by atoms with Crippen molar-refractivity contribution in [2.45, 2.75) is 58.4 Å². The lowest BCUT2D eigenvalue weighted by atomic mass is 9.84. The van der Waals surface area contributed by atoms with E-state index in [1.807, 2.05) is 6.92 Å². The highest BCUT2D eigenvalue weighted by Crippen LogP contribution is 2.54. The highest BCUT2D eigenvalue weighted by Gasteiger charge is 2.48. The molecular weight excluding hydrogens is 346 g/mol. The maximum absolute atomic E-state index is 9.67. The molecule has 0 saturated carbocycles. The van der Waals surface area contributed by atoms with Gasteiger partial charge in [0.25, 0.3) is 0 Å². The Morgan fingerprint density at radius 2 is 2.04 bits per heavy atom. The third-order valence-electron chi connectivity index (χ3n) is 6.33. The maximum Gasteiger partial charge on any atom is 0.105 e. The summed E-state index contributed by atoms with van der Waals surface area (Å²) in [6, 6.07) is 13.9. The van der Waals surface area contributed by atoms with Crippen molar-refractivity contribution in [3.05, 3.63) is 82.1 Å². The van der Waals surface area contributed by atoms with Crippen molar-refractivity contribution in [2.24, 2.45) is 0 Å². The Morgan fingerprint density at radius 1 is 1.25 bits per heavy atom. The first-order valence-electron chi connectivity index (χ1n) is 10.2. The van der Waals surface area contributed by atoms with Crippen LogP contribution in [-0.2, 0) is 11.2 Å². The molecular formula is C25H27NO2. The largest absolute Gasteiger partial charge is 0.513 e.